The lowest BCUT2D eigenvalue weighted by Crippen LogP contribution is -2.46. The molecule has 3 heterocycles. The Morgan fingerprint density at radius 1 is 1.10 bits per heavy atom. The molecule has 0 aliphatic carbocycles. The number of benzene rings is 1. The van der Waals surface area contributed by atoms with Crippen LogP contribution in [0.25, 0.3) is 11.5 Å². The molecule has 6 nitrogen and oxygen atoms in total. The van der Waals surface area contributed by atoms with Gasteiger partial charge in [0, 0.05) is 44.5 Å². The second-order valence-corrected chi connectivity index (χ2v) is 7.74. The normalized spacial score (nSPS) is 15.0. The second kappa shape index (κ2) is 8.43. The van der Waals surface area contributed by atoms with E-state index >= 15 is 0 Å². The Morgan fingerprint density at radius 2 is 1.90 bits per heavy atom. The first kappa shape index (κ1) is 19.7. The average molecular weight is 413 g/mol. The van der Waals surface area contributed by atoms with E-state index in [1.54, 1.807) is 13.3 Å². The topological polar surface area (TPSA) is 54.6 Å². The first-order chi connectivity index (χ1) is 14.0. The summed E-state index contributed by atoms with van der Waals surface area (Å²) < 4.78 is 11.3. The fourth-order valence-corrected chi connectivity index (χ4v) is 3.72. The van der Waals surface area contributed by atoms with Gasteiger partial charge in [-0.15, -0.1) is 0 Å². The summed E-state index contributed by atoms with van der Waals surface area (Å²) in [5, 5.41) is 0.664. The number of nitrogens with zero attached hydrogens (tertiary/aromatic N) is 4. The van der Waals surface area contributed by atoms with Crippen LogP contribution in [0.3, 0.4) is 0 Å². The second-order valence-electron chi connectivity index (χ2n) is 7.30. The molecule has 1 fully saturated rings. The molecule has 152 valence electrons. The fraction of sp³-hybridized carbons (Fsp3) is 0.364. The van der Waals surface area contributed by atoms with E-state index in [1.165, 1.54) is 0 Å². The number of methoxy groups -OCH3 is 1. The number of hydrogen-bond donors (Lipinski definition) is 0. The van der Waals surface area contributed by atoms with E-state index in [2.05, 4.69) is 14.8 Å². The van der Waals surface area contributed by atoms with Gasteiger partial charge in [0.25, 0.3) is 0 Å². The van der Waals surface area contributed by atoms with Crippen molar-refractivity contribution in [1.82, 2.24) is 14.9 Å². The molecule has 0 unspecified atom stereocenters. The summed E-state index contributed by atoms with van der Waals surface area (Å²) in [6, 6.07) is 9.85. The van der Waals surface area contributed by atoms with Crippen LogP contribution in [-0.2, 0) is 6.54 Å². The Hall–Kier alpha value is -2.57. The van der Waals surface area contributed by atoms with Gasteiger partial charge < -0.3 is 14.1 Å². The number of piperazine rings is 1. The molecule has 0 atom stereocenters. The van der Waals surface area contributed by atoms with Gasteiger partial charge in [0.1, 0.15) is 17.3 Å². The molecular weight excluding hydrogens is 388 g/mol. The molecule has 1 saturated heterocycles. The molecule has 0 spiro atoms. The molecule has 0 amide bonds. The van der Waals surface area contributed by atoms with E-state index in [-0.39, 0.29) is 0 Å². The first-order valence-corrected chi connectivity index (χ1v) is 10.1. The van der Waals surface area contributed by atoms with Crippen LogP contribution >= 0.6 is 11.6 Å². The number of aryl methyl sites for hydroxylation is 2. The highest BCUT2D eigenvalue weighted by atomic mass is 35.5. The third-order valence-electron chi connectivity index (χ3n) is 5.32. The van der Waals surface area contributed by atoms with Crippen LogP contribution in [0.2, 0.25) is 5.02 Å². The Morgan fingerprint density at radius 3 is 2.55 bits per heavy atom. The molecule has 4 rings (SSSR count). The molecule has 0 bridgehead atoms. The summed E-state index contributed by atoms with van der Waals surface area (Å²) in [6.07, 6.45) is 1.70. The minimum atomic E-state index is 0.659. The van der Waals surface area contributed by atoms with Crippen LogP contribution in [-0.4, -0.2) is 48.2 Å². The molecule has 0 saturated carbocycles. The molecule has 2 aromatic heterocycles. The van der Waals surface area contributed by atoms with Crippen molar-refractivity contribution in [2.45, 2.75) is 20.4 Å². The molecule has 1 aromatic carbocycles. The van der Waals surface area contributed by atoms with Gasteiger partial charge in [-0.05, 0) is 49.7 Å². The van der Waals surface area contributed by atoms with Crippen molar-refractivity contribution in [2.24, 2.45) is 0 Å². The smallest absolute Gasteiger partial charge is 0.226 e. The number of pyridine rings is 1. The van der Waals surface area contributed by atoms with Crippen LogP contribution in [0.1, 0.15) is 17.0 Å². The number of oxazole rings is 1. The zero-order valence-electron chi connectivity index (χ0n) is 17.0. The highest BCUT2D eigenvalue weighted by Crippen LogP contribution is 2.27. The minimum Gasteiger partial charge on any atom is -0.496 e. The van der Waals surface area contributed by atoms with E-state index in [0.29, 0.717) is 10.9 Å². The van der Waals surface area contributed by atoms with Crippen molar-refractivity contribution < 1.29 is 9.15 Å². The molecule has 1 aliphatic heterocycles. The highest BCUT2D eigenvalue weighted by molar-refractivity contribution is 6.30. The SMILES string of the molecule is COc1ccc(-c2nc(CN3CCN(c4ccc(Cl)cn4)CC3)c(C)o2)cc1C. The van der Waals surface area contributed by atoms with Crippen molar-refractivity contribution in [3.63, 3.8) is 0 Å². The summed E-state index contributed by atoms with van der Waals surface area (Å²) in [5.74, 6) is 3.37. The van der Waals surface area contributed by atoms with Gasteiger partial charge in [0.05, 0.1) is 17.8 Å². The van der Waals surface area contributed by atoms with E-state index in [4.69, 9.17) is 25.7 Å². The van der Waals surface area contributed by atoms with Gasteiger partial charge in [0.15, 0.2) is 0 Å². The van der Waals surface area contributed by atoms with E-state index in [9.17, 15) is 0 Å². The van der Waals surface area contributed by atoms with Crippen molar-refractivity contribution in [3.05, 3.63) is 58.6 Å². The lowest BCUT2D eigenvalue weighted by Gasteiger charge is -2.35. The van der Waals surface area contributed by atoms with Gasteiger partial charge in [-0.25, -0.2) is 9.97 Å². The molecule has 7 heteroatoms. The first-order valence-electron chi connectivity index (χ1n) is 9.73. The highest BCUT2D eigenvalue weighted by Gasteiger charge is 2.21. The third-order valence-corrected chi connectivity index (χ3v) is 5.54. The van der Waals surface area contributed by atoms with Gasteiger partial charge >= 0.3 is 0 Å². The fourth-order valence-electron chi connectivity index (χ4n) is 3.61. The number of ether oxygens (including phenoxy) is 1. The van der Waals surface area contributed by atoms with Crippen molar-refractivity contribution in [3.8, 4) is 17.2 Å². The summed E-state index contributed by atoms with van der Waals surface area (Å²) in [4.78, 5) is 13.9. The monoisotopic (exact) mass is 412 g/mol. The molecule has 0 N–H and O–H groups in total. The molecule has 1 aliphatic rings. The number of anilines is 1. The van der Waals surface area contributed by atoms with Gasteiger partial charge in [-0.2, -0.15) is 0 Å². The lowest BCUT2D eigenvalue weighted by molar-refractivity contribution is 0.245. The van der Waals surface area contributed by atoms with Crippen LogP contribution in [0.4, 0.5) is 5.82 Å². The number of aromatic nitrogens is 2. The van der Waals surface area contributed by atoms with Crippen molar-refractivity contribution in [1.29, 1.82) is 0 Å². The standard InChI is InChI=1S/C22H25ClN4O2/c1-15-12-17(4-6-20(15)28-3)22-25-19(16(2)29-22)14-26-8-10-27(11-9-26)21-7-5-18(23)13-24-21/h4-7,12-13H,8-11,14H2,1-3H3. The lowest BCUT2D eigenvalue weighted by atomic mass is 10.1. The quantitative estimate of drug-likeness (QED) is 0.621. The van der Waals surface area contributed by atoms with Crippen LogP contribution in [0, 0.1) is 13.8 Å². The maximum absolute atomic E-state index is 5.96. The van der Waals surface area contributed by atoms with Crippen molar-refractivity contribution in [2.75, 3.05) is 38.2 Å². The summed E-state index contributed by atoms with van der Waals surface area (Å²) in [6.45, 7) is 8.55. The summed E-state index contributed by atoms with van der Waals surface area (Å²) >= 11 is 5.94. The van der Waals surface area contributed by atoms with Crippen LogP contribution < -0.4 is 9.64 Å². The largest absolute Gasteiger partial charge is 0.496 e. The molecular formula is C22H25ClN4O2. The Labute approximate surface area is 176 Å². The van der Waals surface area contributed by atoms with E-state index in [1.807, 2.05) is 44.2 Å². The summed E-state index contributed by atoms with van der Waals surface area (Å²) in [5.41, 5.74) is 3.03. The van der Waals surface area contributed by atoms with Crippen molar-refractivity contribution >= 4 is 17.4 Å². The van der Waals surface area contributed by atoms with E-state index < -0.39 is 0 Å². The average Bonchev–Trinajstić information content (AvgIpc) is 3.09. The zero-order chi connectivity index (χ0) is 20.4. The maximum atomic E-state index is 5.96. The predicted octanol–water partition coefficient (Wildman–Crippen LogP) is 4.34. The Bertz CT molecular complexity index is 979. The molecule has 3 aromatic rings. The maximum Gasteiger partial charge on any atom is 0.226 e. The number of hydrogen-bond acceptors (Lipinski definition) is 6. The Balaban J connectivity index is 1.40. The zero-order valence-corrected chi connectivity index (χ0v) is 17.7. The molecule has 29 heavy (non-hydrogen) atoms. The third kappa shape index (κ3) is 4.38. The number of halogens is 1. The predicted molar refractivity (Wildman–Crippen MR) is 115 cm³/mol. The van der Waals surface area contributed by atoms with Gasteiger partial charge in [0.2, 0.25) is 5.89 Å². The van der Waals surface area contributed by atoms with Gasteiger partial charge in [-0.1, -0.05) is 11.6 Å². The molecule has 0 radical (unpaired) electrons. The van der Waals surface area contributed by atoms with Crippen LogP contribution in [0.15, 0.2) is 40.9 Å². The van der Waals surface area contributed by atoms with Crippen LogP contribution in [0.5, 0.6) is 5.75 Å². The summed E-state index contributed by atoms with van der Waals surface area (Å²) in [7, 11) is 1.68. The number of rotatable bonds is 5. The minimum absolute atomic E-state index is 0.659. The van der Waals surface area contributed by atoms with Gasteiger partial charge in [-0.3, -0.25) is 4.90 Å². The Kier molecular flexibility index (Phi) is 5.74. The van der Waals surface area contributed by atoms with E-state index in [0.717, 1.165) is 66.9 Å².